The number of hydrogen-bond acceptors (Lipinski definition) is 3. The van der Waals surface area contributed by atoms with Crippen LogP contribution in [0, 0.1) is 5.92 Å². The van der Waals surface area contributed by atoms with Crippen LogP contribution in [-0.4, -0.2) is 23.9 Å². The van der Waals surface area contributed by atoms with Crippen LogP contribution in [-0.2, 0) is 11.3 Å². The summed E-state index contributed by atoms with van der Waals surface area (Å²) in [6, 6.07) is 16.5. The third kappa shape index (κ3) is 2.90. The van der Waals surface area contributed by atoms with E-state index in [1.807, 2.05) is 54.6 Å². The molecule has 2 aromatic carbocycles. The third-order valence-corrected chi connectivity index (χ3v) is 4.73. The molecule has 4 rings (SSSR count). The molecule has 6 heteroatoms. The molecule has 1 saturated heterocycles. The van der Waals surface area contributed by atoms with Gasteiger partial charge in [0.15, 0.2) is 0 Å². The van der Waals surface area contributed by atoms with Crippen molar-refractivity contribution in [3.63, 3.8) is 0 Å². The van der Waals surface area contributed by atoms with Gasteiger partial charge >= 0.3 is 6.03 Å². The lowest BCUT2D eigenvalue weighted by Gasteiger charge is -2.31. The highest BCUT2D eigenvalue weighted by Crippen LogP contribution is 2.36. The van der Waals surface area contributed by atoms with Crippen LogP contribution in [0.3, 0.4) is 0 Å². The van der Waals surface area contributed by atoms with Crippen molar-refractivity contribution in [3.8, 4) is 5.75 Å². The molecule has 2 aliphatic rings. The van der Waals surface area contributed by atoms with Gasteiger partial charge in [-0.1, -0.05) is 42.5 Å². The van der Waals surface area contributed by atoms with Crippen LogP contribution in [0.4, 0.5) is 4.79 Å². The topological polar surface area (TPSA) is 70.7 Å². The lowest BCUT2D eigenvalue weighted by atomic mass is 9.89. The minimum atomic E-state index is -0.454. The molecule has 1 fully saturated rings. The Labute approximate surface area is 151 Å². The van der Waals surface area contributed by atoms with Gasteiger partial charge in [0.05, 0.1) is 25.4 Å². The van der Waals surface area contributed by atoms with Crippen molar-refractivity contribution in [1.29, 1.82) is 0 Å². The summed E-state index contributed by atoms with van der Waals surface area (Å²) in [5.41, 5.74) is 2.54. The number of hydrogen-bond donors (Lipinski definition) is 2. The molecule has 0 aliphatic carbocycles. The zero-order valence-corrected chi connectivity index (χ0v) is 14.3. The Kier molecular flexibility index (Phi) is 4.08. The summed E-state index contributed by atoms with van der Waals surface area (Å²) >= 11 is 0. The summed E-state index contributed by atoms with van der Waals surface area (Å²) in [7, 11) is 1.60. The van der Waals surface area contributed by atoms with E-state index in [9.17, 15) is 9.59 Å². The molecule has 26 heavy (non-hydrogen) atoms. The maximum atomic E-state index is 13.0. The number of ether oxygens (including phenoxy) is 1. The summed E-state index contributed by atoms with van der Waals surface area (Å²) < 4.78 is 5.18. The van der Waals surface area contributed by atoms with E-state index in [-0.39, 0.29) is 11.9 Å². The number of carbonyl (C=O) groups is 2. The highest BCUT2D eigenvalue weighted by molar-refractivity contribution is 5.91. The molecule has 132 valence electrons. The molecule has 6 nitrogen and oxygen atoms in total. The molecule has 2 N–H and O–H groups in total. The van der Waals surface area contributed by atoms with Crippen LogP contribution >= 0.6 is 0 Å². The molecule has 2 aromatic rings. The number of benzene rings is 2. The molecule has 2 atom stereocenters. The maximum absolute atomic E-state index is 13.0. The quantitative estimate of drug-likeness (QED) is 0.891. The number of rotatable bonds is 4. The van der Waals surface area contributed by atoms with Crippen molar-refractivity contribution >= 4 is 11.9 Å². The average Bonchev–Trinajstić information content (AvgIpc) is 2.97. The Morgan fingerprint density at radius 1 is 1.04 bits per heavy atom. The van der Waals surface area contributed by atoms with Crippen LogP contribution in [0.5, 0.6) is 5.75 Å². The van der Waals surface area contributed by atoms with Gasteiger partial charge in [0.2, 0.25) is 5.91 Å². The zero-order chi connectivity index (χ0) is 18.1. The van der Waals surface area contributed by atoms with Gasteiger partial charge in [0.25, 0.3) is 0 Å². The van der Waals surface area contributed by atoms with Gasteiger partial charge in [-0.05, 0) is 23.3 Å². The number of nitrogens with one attached hydrogen (secondary N) is 2. The first-order valence-electron chi connectivity index (χ1n) is 8.43. The molecule has 2 unspecified atom stereocenters. The van der Waals surface area contributed by atoms with Crippen LogP contribution in [0.25, 0.3) is 0 Å². The lowest BCUT2D eigenvalue weighted by molar-refractivity contribution is -0.131. The van der Waals surface area contributed by atoms with Gasteiger partial charge in [0, 0.05) is 6.20 Å². The molecule has 0 aromatic heterocycles. The average molecular weight is 349 g/mol. The van der Waals surface area contributed by atoms with E-state index < -0.39 is 12.0 Å². The van der Waals surface area contributed by atoms with Crippen molar-refractivity contribution in [2.75, 3.05) is 7.11 Å². The molecule has 3 amide bonds. The highest BCUT2D eigenvalue weighted by Gasteiger charge is 2.44. The first-order valence-corrected chi connectivity index (χ1v) is 8.43. The van der Waals surface area contributed by atoms with E-state index >= 15 is 0 Å². The Morgan fingerprint density at radius 2 is 1.77 bits per heavy atom. The van der Waals surface area contributed by atoms with Crippen molar-refractivity contribution in [2.45, 2.75) is 12.6 Å². The van der Waals surface area contributed by atoms with Crippen molar-refractivity contribution in [3.05, 3.63) is 77.6 Å². The molecule has 0 bridgehead atoms. The molecule has 0 radical (unpaired) electrons. The lowest BCUT2D eigenvalue weighted by Crippen LogP contribution is -2.50. The normalized spacial score (nSPS) is 21.6. The van der Waals surface area contributed by atoms with Crippen LogP contribution < -0.4 is 15.4 Å². The fourth-order valence-corrected chi connectivity index (χ4v) is 3.44. The van der Waals surface area contributed by atoms with Crippen LogP contribution in [0.2, 0.25) is 0 Å². The summed E-state index contributed by atoms with van der Waals surface area (Å²) in [6.07, 6.45) is 1.75. The van der Waals surface area contributed by atoms with Crippen LogP contribution in [0.15, 0.2) is 66.5 Å². The van der Waals surface area contributed by atoms with E-state index in [0.29, 0.717) is 12.2 Å². The van der Waals surface area contributed by atoms with E-state index in [0.717, 1.165) is 16.9 Å². The Hall–Kier alpha value is -3.28. The molecule has 2 heterocycles. The maximum Gasteiger partial charge on any atom is 0.319 e. The Morgan fingerprint density at radius 3 is 2.46 bits per heavy atom. The minimum Gasteiger partial charge on any atom is -0.497 e. The number of amides is 3. The van der Waals surface area contributed by atoms with Gasteiger partial charge in [-0.25, -0.2) is 4.79 Å². The largest absolute Gasteiger partial charge is 0.497 e. The second-order valence-electron chi connectivity index (χ2n) is 6.36. The number of carbonyl (C=O) groups excluding carboxylic acids is 2. The molecule has 2 aliphatic heterocycles. The fourth-order valence-electron chi connectivity index (χ4n) is 3.44. The van der Waals surface area contributed by atoms with Crippen LogP contribution in [0.1, 0.15) is 17.2 Å². The third-order valence-electron chi connectivity index (χ3n) is 4.73. The van der Waals surface area contributed by atoms with Gasteiger partial charge in [0.1, 0.15) is 11.7 Å². The molecular formula is C20H19N3O3. The molecule has 0 saturated carbocycles. The smallest absolute Gasteiger partial charge is 0.319 e. The van der Waals surface area contributed by atoms with E-state index in [1.165, 1.54) is 0 Å². The van der Waals surface area contributed by atoms with E-state index in [1.54, 1.807) is 18.2 Å². The first-order chi connectivity index (χ1) is 12.7. The van der Waals surface area contributed by atoms with Gasteiger partial charge in [-0.2, -0.15) is 0 Å². The predicted molar refractivity (Wildman–Crippen MR) is 96.0 cm³/mol. The van der Waals surface area contributed by atoms with Crippen molar-refractivity contribution < 1.29 is 14.3 Å². The fraction of sp³-hybridized carbons (Fsp3) is 0.200. The SMILES string of the molecule is COc1ccc(C2NC(=O)NC3=CN(Cc4ccccc4)C(=O)C32)cc1. The second kappa shape index (κ2) is 6.55. The van der Waals surface area contributed by atoms with Crippen molar-refractivity contribution in [2.24, 2.45) is 5.92 Å². The minimum absolute atomic E-state index is 0.0304. The molecule has 0 spiro atoms. The first kappa shape index (κ1) is 16.2. The summed E-state index contributed by atoms with van der Waals surface area (Å²) in [5, 5.41) is 5.65. The van der Waals surface area contributed by atoms with E-state index in [2.05, 4.69) is 10.6 Å². The predicted octanol–water partition coefficient (Wildman–Crippen LogP) is 2.55. The monoisotopic (exact) mass is 349 g/mol. The summed E-state index contributed by atoms with van der Waals surface area (Å²) in [4.78, 5) is 26.7. The van der Waals surface area contributed by atoms with Crippen molar-refractivity contribution in [1.82, 2.24) is 15.5 Å². The number of nitrogens with zero attached hydrogens (tertiary/aromatic N) is 1. The van der Waals surface area contributed by atoms with Gasteiger partial charge in [-0.3, -0.25) is 4.79 Å². The van der Waals surface area contributed by atoms with Gasteiger partial charge in [-0.15, -0.1) is 0 Å². The standard InChI is InChI=1S/C20H19N3O3/c1-26-15-9-7-14(8-10-15)18-17-16(21-20(25)22-18)12-23(19(17)24)11-13-5-3-2-4-6-13/h2-10,12,17-18H,11H2,1H3,(H2,21,22,25). The molecular weight excluding hydrogens is 330 g/mol. The second-order valence-corrected chi connectivity index (χ2v) is 6.36. The number of methoxy groups -OCH3 is 1. The summed E-state index contributed by atoms with van der Waals surface area (Å²) in [6.45, 7) is 0.477. The zero-order valence-electron chi connectivity index (χ0n) is 14.3. The van der Waals surface area contributed by atoms with Gasteiger partial charge < -0.3 is 20.3 Å². The Bertz CT molecular complexity index is 862. The number of fused-ring (bicyclic) bond motifs is 1. The highest BCUT2D eigenvalue weighted by atomic mass is 16.5. The summed E-state index contributed by atoms with van der Waals surface area (Å²) in [5.74, 6) is 0.246. The van der Waals surface area contributed by atoms with E-state index in [4.69, 9.17) is 4.74 Å². The number of urea groups is 1. The Balaban J connectivity index is 1.61.